The van der Waals surface area contributed by atoms with E-state index in [1.165, 1.54) is 308 Å². The number of unbranched alkanes of at least 4 members (excludes halogenated alkanes) is 51. The highest BCUT2D eigenvalue weighted by Gasteiger charge is 2.18. The fourth-order valence-electron chi connectivity index (χ4n) is 10.5. The number of carbonyl (C=O) groups excluding carboxylic acids is 2. The average Bonchev–Trinajstić information content (AvgIpc) is 3.38. The second-order valence-electron chi connectivity index (χ2n) is 22.8. The third kappa shape index (κ3) is 57.9. The van der Waals surface area contributed by atoms with Crippen molar-refractivity contribution in [2.24, 2.45) is 0 Å². The summed E-state index contributed by atoms with van der Waals surface area (Å²) in [6.07, 6.45) is 75.7. The molecule has 0 aromatic heterocycles. The van der Waals surface area contributed by atoms with Gasteiger partial charge in [0.05, 0.1) is 25.4 Å². The molecule has 72 heavy (non-hydrogen) atoms. The Morgan fingerprint density at radius 3 is 0.944 bits per heavy atom. The summed E-state index contributed by atoms with van der Waals surface area (Å²) >= 11 is 0. The van der Waals surface area contributed by atoms with E-state index in [1.54, 1.807) is 6.08 Å². The Morgan fingerprint density at radius 2 is 0.639 bits per heavy atom. The first-order chi connectivity index (χ1) is 35.5. The van der Waals surface area contributed by atoms with Crippen LogP contribution in [0.3, 0.4) is 0 Å². The van der Waals surface area contributed by atoms with Gasteiger partial charge >= 0.3 is 5.97 Å². The number of carbonyl (C=O) groups is 2. The monoisotopic (exact) mass is 1020 g/mol. The Labute approximate surface area is 450 Å². The first-order valence-corrected chi connectivity index (χ1v) is 33.0. The zero-order valence-corrected chi connectivity index (χ0v) is 48.9. The van der Waals surface area contributed by atoms with Crippen molar-refractivity contribution < 1.29 is 24.5 Å². The summed E-state index contributed by atoms with van der Waals surface area (Å²) in [7, 11) is 0. The normalized spacial score (nSPS) is 12.6. The lowest BCUT2D eigenvalue weighted by Crippen LogP contribution is -2.45. The van der Waals surface area contributed by atoms with Crippen LogP contribution in [0.15, 0.2) is 12.2 Å². The molecule has 0 fully saturated rings. The van der Waals surface area contributed by atoms with Crippen molar-refractivity contribution in [1.29, 1.82) is 0 Å². The van der Waals surface area contributed by atoms with E-state index < -0.39 is 12.1 Å². The maximum atomic E-state index is 12.4. The molecule has 6 nitrogen and oxygen atoms in total. The van der Waals surface area contributed by atoms with E-state index in [2.05, 4.69) is 19.2 Å². The number of ether oxygens (including phenoxy) is 1. The lowest BCUT2D eigenvalue weighted by Gasteiger charge is -2.20. The van der Waals surface area contributed by atoms with Crippen molar-refractivity contribution in [2.45, 2.75) is 386 Å². The van der Waals surface area contributed by atoms with Crippen LogP contribution in [-0.4, -0.2) is 47.4 Å². The van der Waals surface area contributed by atoms with Gasteiger partial charge in [-0.25, -0.2) is 0 Å². The van der Waals surface area contributed by atoms with Crippen molar-refractivity contribution in [3.63, 3.8) is 0 Å². The Morgan fingerprint density at radius 1 is 0.375 bits per heavy atom. The highest BCUT2D eigenvalue weighted by atomic mass is 16.5. The second kappa shape index (κ2) is 62.1. The minimum absolute atomic E-state index is 0.0211. The van der Waals surface area contributed by atoms with Crippen molar-refractivity contribution >= 4 is 11.9 Å². The van der Waals surface area contributed by atoms with Gasteiger partial charge in [-0.15, -0.1) is 0 Å². The SMILES string of the molecule is CCCCCCCCCCCC/C=C/C(O)C(CO)NC(=O)CCCCCCCCCCCCCCCCCCCCCCCCCCCCCCCCCCOC(=O)CCCCCCCCCCCCC. The van der Waals surface area contributed by atoms with Gasteiger partial charge in [0.2, 0.25) is 5.91 Å². The van der Waals surface area contributed by atoms with Gasteiger partial charge in [-0.3, -0.25) is 9.59 Å². The van der Waals surface area contributed by atoms with E-state index in [0.717, 1.165) is 38.5 Å². The van der Waals surface area contributed by atoms with Crippen LogP contribution in [0.5, 0.6) is 0 Å². The Bertz CT molecular complexity index is 1080. The van der Waals surface area contributed by atoms with E-state index >= 15 is 0 Å². The predicted octanol–water partition coefficient (Wildman–Crippen LogP) is 20.8. The van der Waals surface area contributed by atoms with Gasteiger partial charge in [-0.05, 0) is 32.1 Å². The van der Waals surface area contributed by atoms with E-state index in [9.17, 15) is 19.8 Å². The fraction of sp³-hybridized carbons (Fsp3) is 0.939. The van der Waals surface area contributed by atoms with E-state index in [0.29, 0.717) is 19.4 Å². The van der Waals surface area contributed by atoms with Crippen LogP contribution in [0.25, 0.3) is 0 Å². The van der Waals surface area contributed by atoms with Crippen LogP contribution < -0.4 is 5.32 Å². The molecule has 0 spiro atoms. The summed E-state index contributed by atoms with van der Waals surface area (Å²) in [5, 5.41) is 23.1. The van der Waals surface area contributed by atoms with Gasteiger partial charge in [0.15, 0.2) is 0 Å². The quantitative estimate of drug-likeness (QED) is 0.0320. The fourth-order valence-corrected chi connectivity index (χ4v) is 10.5. The lowest BCUT2D eigenvalue weighted by atomic mass is 10.0. The molecule has 0 radical (unpaired) electrons. The Hall–Kier alpha value is -1.40. The molecule has 3 N–H and O–H groups in total. The third-order valence-electron chi connectivity index (χ3n) is 15.6. The number of aliphatic hydroxyl groups excluding tert-OH is 2. The largest absolute Gasteiger partial charge is 0.466 e. The van der Waals surface area contributed by atoms with Crippen LogP contribution >= 0.6 is 0 Å². The van der Waals surface area contributed by atoms with Gasteiger partial charge in [-0.1, -0.05) is 341 Å². The molecule has 428 valence electrons. The van der Waals surface area contributed by atoms with Crippen LogP contribution in [0.4, 0.5) is 0 Å². The van der Waals surface area contributed by atoms with Gasteiger partial charge in [0, 0.05) is 12.8 Å². The lowest BCUT2D eigenvalue weighted by molar-refractivity contribution is -0.143. The number of esters is 1. The van der Waals surface area contributed by atoms with Crippen LogP contribution in [0.1, 0.15) is 373 Å². The summed E-state index contributed by atoms with van der Waals surface area (Å²) in [6.45, 7) is 4.92. The number of amides is 1. The van der Waals surface area contributed by atoms with Gasteiger partial charge in [0.1, 0.15) is 0 Å². The van der Waals surface area contributed by atoms with Gasteiger partial charge in [0.25, 0.3) is 0 Å². The molecule has 0 saturated heterocycles. The molecule has 0 aliphatic rings. The van der Waals surface area contributed by atoms with Crippen LogP contribution in [0.2, 0.25) is 0 Å². The number of hydrogen-bond donors (Lipinski definition) is 3. The summed E-state index contributed by atoms with van der Waals surface area (Å²) in [5.74, 6) is -0.0412. The molecule has 0 aliphatic carbocycles. The minimum Gasteiger partial charge on any atom is -0.466 e. The van der Waals surface area contributed by atoms with Crippen LogP contribution in [-0.2, 0) is 14.3 Å². The summed E-state index contributed by atoms with van der Waals surface area (Å²) < 4.78 is 5.47. The standard InChI is InChI=1S/C66H129NO5/c1-3-5-7-9-11-13-15-39-42-46-50-54-58-64(69)63(62-68)67-65(70)59-55-51-47-43-40-36-34-32-30-28-26-24-22-20-18-16-17-19-21-23-25-27-29-31-33-35-37-41-45-49-53-57-61-72-66(71)60-56-52-48-44-38-14-12-10-8-6-4-2/h54,58,63-64,68-69H,3-53,55-57,59-62H2,1-2H3,(H,67,70)/b58-54+. The van der Waals surface area contributed by atoms with Crippen molar-refractivity contribution in [3.8, 4) is 0 Å². The smallest absolute Gasteiger partial charge is 0.305 e. The maximum absolute atomic E-state index is 12.4. The van der Waals surface area contributed by atoms with Gasteiger partial charge in [-0.2, -0.15) is 0 Å². The highest BCUT2D eigenvalue weighted by Crippen LogP contribution is 2.19. The van der Waals surface area contributed by atoms with Crippen molar-refractivity contribution in [1.82, 2.24) is 5.32 Å². The molecule has 6 heteroatoms. The molecule has 0 bridgehead atoms. The third-order valence-corrected chi connectivity index (χ3v) is 15.6. The number of aliphatic hydroxyl groups is 2. The van der Waals surface area contributed by atoms with Crippen molar-refractivity contribution in [2.75, 3.05) is 13.2 Å². The molecular weight excluding hydrogens is 887 g/mol. The van der Waals surface area contributed by atoms with E-state index in [4.69, 9.17) is 4.74 Å². The molecular formula is C66H129NO5. The van der Waals surface area contributed by atoms with Crippen molar-refractivity contribution in [3.05, 3.63) is 12.2 Å². The zero-order valence-electron chi connectivity index (χ0n) is 48.9. The van der Waals surface area contributed by atoms with Gasteiger partial charge < -0.3 is 20.3 Å². The molecule has 0 rings (SSSR count). The molecule has 0 aromatic rings. The molecule has 0 aliphatic heterocycles. The molecule has 0 heterocycles. The predicted molar refractivity (Wildman–Crippen MR) is 315 cm³/mol. The van der Waals surface area contributed by atoms with Crippen LogP contribution in [0, 0.1) is 0 Å². The second-order valence-corrected chi connectivity index (χ2v) is 22.8. The Kier molecular flexibility index (Phi) is 60.9. The minimum atomic E-state index is -0.839. The number of allylic oxidation sites excluding steroid dienone is 1. The van der Waals surface area contributed by atoms with E-state index in [-0.39, 0.29) is 18.5 Å². The molecule has 0 aromatic carbocycles. The molecule has 0 saturated carbocycles. The Balaban J connectivity index is 3.31. The summed E-state index contributed by atoms with van der Waals surface area (Å²) in [6, 6.07) is -0.622. The highest BCUT2D eigenvalue weighted by molar-refractivity contribution is 5.76. The molecule has 1 amide bonds. The molecule has 2 unspecified atom stereocenters. The maximum Gasteiger partial charge on any atom is 0.305 e. The first-order valence-electron chi connectivity index (χ1n) is 33.0. The summed E-state index contributed by atoms with van der Waals surface area (Å²) in [4.78, 5) is 24.4. The average molecular weight is 1020 g/mol. The number of rotatable bonds is 62. The summed E-state index contributed by atoms with van der Waals surface area (Å²) in [5.41, 5.74) is 0. The topological polar surface area (TPSA) is 95.9 Å². The zero-order chi connectivity index (χ0) is 52.2. The first kappa shape index (κ1) is 70.6. The molecule has 2 atom stereocenters. The number of nitrogens with one attached hydrogen (secondary N) is 1. The number of hydrogen-bond acceptors (Lipinski definition) is 5. The van der Waals surface area contributed by atoms with E-state index in [1.807, 2.05) is 6.08 Å².